The number of anilines is 2. The van der Waals surface area contributed by atoms with Gasteiger partial charge in [-0.05, 0) is 24.3 Å². The summed E-state index contributed by atoms with van der Waals surface area (Å²) in [5, 5.41) is 7.97. The molecule has 0 saturated carbocycles. The summed E-state index contributed by atoms with van der Waals surface area (Å²) >= 11 is 11.9. The number of carbonyl (C=O) groups excluding carboxylic acids is 2. The molecule has 2 rings (SSSR count). The van der Waals surface area contributed by atoms with Crippen LogP contribution in [0.4, 0.5) is 11.4 Å². The summed E-state index contributed by atoms with van der Waals surface area (Å²) in [4.78, 5) is 24.4. The van der Waals surface area contributed by atoms with Gasteiger partial charge in [-0.15, -0.1) is 6.58 Å². The lowest BCUT2D eigenvalue weighted by molar-refractivity contribution is -0.114. The van der Waals surface area contributed by atoms with E-state index >= 15 is 0 Å². The Morgan fingerprint density at radius 1 is 1.10 bits per heavy atom. The van der Waals surface area contributed by atoms with Crippen LogP contribution in [0.15, 0.2) is 53.9 Å². The third-order valence-electron chi connectivity index (χ3n) is 3.71. The average Bonchev–Trinajstić information content (AvgIpc) is 2.66. The summed E-state index contributed by atoms with van der Waals surface area (Å²) in [6.45, 7) is 3.56. The molecule has 7 nitrogen and oxygen atoms in total. The first kappa shape index (κ1) is 22.7. The predicted octanol–water partition coefficient (Wildman–Crippen LogP) is 3.36. The fourth-order valence-corrected chi connectivity index (χ4v) is 4.23. The van der Waals surface area contributed by atoms with Crippen molar-refractivity contribution in [3.63, 3.8) is 0 Å². The Balaban J connectivity index is 2.16. The molecule has 0 aromatic heterocycles. The SMILES string of the molecule is C=CCNC(=O)c1ccccc1NC(=O)CNc1ccc(Cl)c(Cl)c1S(C)(=O)=O. The topological polar surface area (TPSA) is 104 Å². The molecular formula is C19H19Cl2N3O4S. The van der Waals surface area contributed by atoms with Crippen LogP contribution in [0.3, 0.4) is 0 Å². The number of sulfone groups is 1. The van der Waals surface area contributed by atoms with Crippen LogP contribution < -0.4 is 16.0 Å². The Morgan fingerprint density at radius 3 is 2.45 bits per heavy atom. The molecule has 154 valence electrons. The monoisotopic (exact) mass is 455 g/mol. The maximum Gasteiger partial charge on any atom is 0.253 e. The number of benzene rings is 2. The molecule has 0 heterocycles. The van der Waals surface area contributed by atoms with E-state index in [4.69, 9.17) is 23.2 Å². The van der Waals surface area contributed by atoms with Gasteiger partial charge < -0.3 is 16.0 Å². The van der Waals surface area contributed by atoms with Crippen LogP contribution >= 0.6 is 23.2 Å². The van der Waals surface area contributed by atoms with Crippen molar-refractivity contribution in [3.05, 3.63) is 64.7 Å². The second-order valence-electron chi connectivity index (χ2n) is 5.96. The zero-order valence-corrected chi connectivity index (χ0v) is 17.8. The summed E-state index contributed by atoms with van der Waals surface area (Å²) in [5.74, 6) is -0.850. The second-order valence-corrected chi connectivity index (χ2v) is 8.69. The van der Waals surface area contributed by atoms with Crippen molar-refractivity contribution in [2.45, 2.75) is 4.90 Å². The zero-order valence-electron chi connectivity index (χ0n) is 15.5. The summed E-state index contributed by atoms with van der Waals surface area (Å²) in [6, 6.07) is 9.36. The molecular weight excluding hydrogens is 437 g/mol. The maximum atomic E-state index is 12.4. The van der Waals surface area contributed by atoms with Gasteiger partial charge in [0.15, 0.2) is 9.84 Å². The van der Waals surface area contributed by atoms with Crippen LogP contribution in [0, 0.1) is 0 Å². The molecule has 0 aliphatic heterocycles. The number of rotatable bonds is 8. The minimum Gasteiger partial charge on any atom is -0.375 e. The van der Waals surface area contributed by atoms with E-state index < -0.39 is 15.7 Å². The van der Waals surface area contributed by atoms with Crippen molar-refractivity contribution in [3.8, 4) is 0 Å². The summed E-state index contributed by atoms with van der Waals surface area (Å²) in [5.41, 5.74) is 0.751. The largest absolute Gasteiger partial charge is 0.375 e. The highest BCUT2D eigenvalue weighted by Gasteiger charge is 2.21. The molecule has 29 heavy (non-hydrogen) atoms. The van der Waals surface area contributed by atoms with E-state index in [0.717, 1.165) is 6.26 Å². The highest BCUT2D eigenvalue weighted by atomic mass is 35.5. The normalized spacial score (nSPS) is 10.9. The van der Waals surface area contributed by atoms with Gasteiger partial charge in [-0.2, -0.15) is 0 Å². The molecule has 0 atom stereocenters. The van der Waals surface area contributed by atoms with E-state index in [0.29, 0.717) is 5.69 Å². The molecule has 0 spiro atoms. The van der Waals surface area contributed by atoms with Gasteiger partial charge in [-0.25, -0.2) is 8.42 Å². The number of amides is 2. The van der Waals surface area contributed by atoms with Crippen LogP contribution in [-0.2, 0) is 14.6 Å². The molecule has 3 N–H and O–H groups in total. The van der Waals surface area contributed by atoms with E-state index in [1.165, 1.54) is 12.1 Å². The maximum absolute atomic E-state index is 12.4. The molecule has 10 heteroatoms. The first-order valence-corrected chi connectivity index (χ1v) is 11.0. The molecule has 2 aromatic rings. The fraction of sp³-hybridized carbons (Fsp3) is 0.158. The second kappa shape index (κ2) is 9.78. The Kier molecular flexibility index (Phi) is 7.66. The van der Waals surface area contributed by atoms with Gasteiger partial charge in [-0.3, -0.25) is 9.59 Å². The van der Waals surface area contributed by atoms with E-state index in [1.54, 1.807) is 30.3 Å². The van der Waals surface area contributed by atoms with E-state index in [1.807, 2.05) is 0 Å². The van der Waals surface area contributed by atoms with Crippen molar-refractivity contribution < 1.29 is 18.0 Å². The van der Waals surface area contributed by atoms with Gasteiger partial charge in [0, 0.05) is 12.8 Å². The average molecular weight is 456 g/mol. The van der Waals surface area contributed by atoms with Gasteiger partial charge in [-0.1, -0.05) is 41.4 Å². The van der Waals surface area contributed by atoms with Gasteiger partial charge in [0.1, 0.15) is 4.90 Å². The lowest BCUT2D eigenvalue weighted by Crippen LogP contribution is -2.27. The third-order valence-corrected chi connectivity index (χ3v) is 5.79. The molecule has 0 saturated heterocycles. The van der Waals surface area contributed by atoms with Crippen molar-refractivity contribution in [1.82, 2.24) is 5.32 Å². The molecule has 0 bridgehead atoms. The Hall–Kier alpha value is -2.55. The molecule has 0 aliphatic carbocycles. The number of hydrogen-bond acceptors (Lipinski definition) is 5. The predicted molar refractivity (Wildman–Crippen MR) is 116 cm³/mol. The molecule has 0 aliphatic rings. The minimum absolute atomic E-state index is 0.0848. The highest BCUT2D eigenvalue weighted by molar-refractivity contribution is 7.91. The van der Waals surface area contributed by atoms with E-state index in [9.17, 15) is 18.0 Å². The lowest BCUT2D eigenvalue weighted by Gasteiger charge is -2.14. The van der Waals surface area contributed by atoms with Crippen molar-refractivity contribution in [2.24, 2.45) is 0 Å². The number of carbonyl (C=O) groups is 2. The zero-order chi connectivity index (χ0) is 21.6. The summed E-state index contributed by atoms with van der Waals surface area (Å²) < 4.78 is 24.1. The first-order chi connectivity index (χ1) is 13.6. The highest BCUT2D eigenvalue weighted by Crippen LogP contribution is 2.35. The fourth-order valence-electron chi connectivity index (χ4n) is 2.45. The van der Waals surface area contributed by atoms with Gasteiger partial charge in [0.25, 0.3) is 5.91 Å². The molecule has 2 amide bonds. The van der Waals surface area contributed by atoms with Crippen LogP contribution in [0.1, 0.15) is 10.4 Å². The smallest absolute Gasteiger partial charge is 0.253 e. The number of halogens is 2. The Labute approximate surface area is 179 Å². The molecule has 2 aromatic carbocycles. The number of nitrogens with one attached hydrogen (secondary N) is 3. The van der Waals surface area contributed by atoms with E-state index in [2.05, 4.69) is 22.5 Å². The van der Waals surface area contributed by atoms with Crippen LogP contribution in [0.5, 0.6) is 0 Å². The van der Waals surface area contributed by atoms with Gasteiger partial charge in [0.05, 0.1) is 33.5 Å². The molecule has 0 fully saturated rings. The summed E-state index contributed by atoms with van der Waals surface area (Å²) in [7, 11) is -3.69. The Morgan fingerprint density at radius 2 is 1.79 bits per heavy atom. The Bertz CT molecular complexity index is 1060. The molecule has 0 radical (unpaired) electrons. The van der Waals surface area contributed by atoms with Crippen molar-refractivity contribution in [1.29, 1.82) is 0 Å². The molecule has 0 unspecified atom stereocenters. The standard InChI is InChI=1S/C19H19Cl2N3O4S/c1-3-10-22-19(26)12-6-4-5-7-14(12)24-16(25)11-23-15-9-8-13(20)17(21)18(15)29(2,27)28/h3-9,23H,1,10-11H2,2H3,(H,22,26)(H,24,25). The van der Waals surface area contributed by atoms with Crippen molar-refractivity contribution in [2.75, 3.05) is 30.0 Å². The lowest BCUT2D eigenvalue weighted by atomic mass is 10.1. The van der Waals surface area contributed by atoms with Gasteiger partial charge in [0.2, 0.25) is 5.91 Å². The minimum atomic E-state index is -3.69. The van der Waals surface area contributed by atoms with Crippen LogP contribution in [0.25, 0.3) is 0 Å². The quantitative estimate of drug-likeness (QED) is 0.529. The van der Waals surface area contributed by atoms with Gasteiger partial charge >= 0.3 is 0 Å². The van der Waals surface area contributed by atoms with E-state index in [-0.39, 0.29) is 45.2 Å². The number of hydrogen-bond donors (Lipinski definition) is 3. The first-order valence-electron chi connectivity index (χ1n) is 8.35. The van der Waals surface area contributed by atoms with Crippen LogP contribution in [0.2, 0.25) is 10.0 Å². The summed E-state index contributed by atoms with van der Waals surface area (Å²) in [6.07, 6.45) is 2.54. The van der Waals surface area contributed by atoms with Crippen LogP contribution in [-0.4, -0.2) is 39.6 Å². The van der Waals surface area contributed by atoms with Crippen molar-refractivity contribution >= 4 is 56.2 Å². The number of para-hydroxylation sites is 1. The third kappa shape index (κ3) is 5.96.